The molecule has 0 saturated heterocycles. The topological polar surface area (TPSA) is 72.5 Å². The van der Waals surface area contributed by atoms with Crippen LogP contribution in [-0.2, 0) is 22.8 Å². The van der Waals surface area contributed by atoms with Gasteiger partial charge in [0.1, 0.15) is 0 Å². The lowest BCUT2D eigenvalue weighted by molar-refractivity contribution is -0.134. The largest absolute Gasteiger partial charge is 0.500 e. The highest BCUT2D eigenvalue weighted by atomic mass is 28.4. The van der Waals surface area contributed by atoms with Crippen LogP contribution in [0.15, 0.2) is 24.3 Å². The summed E-state index contributed by atoms with van der Waals surface area (Å²) in [7, 11) is 0.329. The van der Waals surface area contributed by atoms with Gasteiger partial charge < -0.3 is 27.5 Å². The summed E-state index contributed by atoms with van der Waals surface area (Å²) in [5.41, 5.74) is 0.820. The van der Waals surface area contributed by atoms with Crippen molar-refractivity contribution in [3.63, 3.8) is 0 Å². The van der Waals surface area contributed by atoms with Gasteiger partial charge in [0.2, 0.25) is 0 Å². The van der Waals surface area contributed by atoms with Gasteiger partial charge in [-0.3, -0.25) is 0 Å². The van der Waals surface area contributed by atoms with Crippen LogP contribution in [0.3, 0.4) is 0 Å². The Kier molecular flexibility index (Phi) is 12.3. The molecule has 0 aliphatic rings. The third-order valence-electron chi connectivity index (χ3n) is 4.03. The molecule has 0 aliphatic heterocycles. The quantitative estimate of drug-likeness (QED) is 0.181. The Bertz CT molecular complexity index is 616. The van der Waals surface area contributed by atoms with Crippen molar-refractivity contribution in [2.45, 2.75) is 39.7 Å². The normalized spacial score (nSPS) is 11.6. The zero-order valence-corrected chi connectivity index (χ0v) is 19.2. The third-order valence-corrected chi connectivity index (χ3v) is 7.18. The molecule has 0 N–H and O–H groups in total. The Hall–Kier alpha value is -1.87. The second-order valence-corrected chi connectivity index (χ2v) is 8.79. The second-order valence-electron chi connectivity index (χ2n) is 6.05. The molecule has 7 nitrogen and oxygen atoms in total. The minimum absolute atomic E-state index is 0.407. The van der Waals surface area contributed by atoms with Crippen molar-refractivity contribution >= 4 is 20.8 Å². The van der Waals surface area contributed by atoms with Gasteiger partial charge in [0.05, 0.1) is 20.8 Å². The molecule has 0 bridgehead atoms. The van der Waals surface area contributed by atoms with E-state index in [9.17, 15) is 4.79 Å². The van der Waals surface area contributed by atoms with Crippen molar-refractivity contribution in [3.05, 3.63) is 29.8 Å². The molecule has 0 heterocycles. The van der Waals surface area contributed by atoms with Crippen LogP contribution >= 0.6 is 0 Å². The van der Waals surface area contributed by atoms with E-state index in [1.807, 2.05) is 39.0 Å². The maximum atomic E-state index is 11.2. The lowest BCUT2D eigenvalue weighted by Crippen LogP contribution is -2.45. The van der Waals surface area contributed by atoms with Crippen LogP contribution in [0.2, 0.25) is 6.04 Å². The highest BCUT2D eigenvalue weighted by Gasteiger charge is 2.39. The number of unbranched alkanes of at least 4 members (excludes halogenated alkanes) is 1. The van der Waals surface area contributed by atoms with Crippen LogP contribution in [0, 0.1) is 0 Å². The average Bonchev–Trinajstić information content (AvgIpc) is 2.72. The molecule has 0 amide bonds. The maximum Gasteiger partial charge on any atom is 0.500 e. The van der Waals surface area contributed by atoms with E-state index in [1.165, 1.54) is 13.2 Å². The molecular weight excluding hydrogens is 392 g/mol. The molecule has 0 saturated carbocycles. The number of methoxy groups -OCH3 is 2. The molecule has 0 atom stereocenters. The fraction of sp³-hybridized carbons (Fsp3) is 0.571. The molecule has 1 aromatic carbocycles. The highest BCUT2D eigenvalue weighted by molar-refractivity contribution is 6.60. The van der Waals surface area contributed by atoms with Gasteiger partial charge in [-0.15, -0.1) is 0 Å². The van der Waals surface area contributed by atoms with Gasteiger partial charge in [-0.05, 0) is 57.4 Å². The summed E-state index contributed by atoms with van der Waals surface area (Å²) in [5.74, 6) is 0.861. The zero-order valence-electron chi connectivity index (χ0n) is 18.2. The van der Waals surface area contributed by atoms with Crippen molar-refractivity contribution in [2.24, 2.45) is 0 Å². The summed E-state index contributed by atoms with van der Waals surface area (Å²) in [4.78, 5) is 11.2. The molecule has 29 heavy (non-hydrogen) atoms. The number of hydrogen-bond donors (Lipinski definition) is 0. The minimum atomic E-state index is -2.60. The molecule has 1 aromatic rings. The minimum Gasteiger partial charge on any atom is -0.493 e. The van der Waals surface area contributed by atoms with Crippen molar-refractivity contribution in [1.82, 2.24) is 0 Å². The molecular formula is C21H34O7Si. The monoisotopic (exact) mass is 426 g/mol. The van der Waals surface area contributed by atoms with E-state index in [-0.39, 0.29) is 0 Å². The van der Waals surface area contributed by atoms with Gasteiger partial charge >= 0.3 is 14.8 Å². The molecule has 164 valence electrons. The van der Waals surface area contributed by atoms with Crippen molar-refractivity contribution in [2.75, 3.05) is 40.6 Å². The standard InChI is InChI=1S/C21H34O7Si/c1-6-26-29(27-7-2,28-8-3)16-10-9-15-25-19-13-11-18(17-20(19)23-4)12-14-21(22)24-5/h11-14,17H,6-10,15-16H2,1-5H3/b14-12+. The Balaban J connectivity index is 2.58. The number of rotatable bonds is 15. The van der Waals surface area contributed by atoms with Crippen LogP contribution in [0.25, 0.3) is 6.08 Å². The number of hydrogen-bond acceptors (Lipinski definition) is 7. The third kappa shape index (κ3) is 8.99. The fourth-order valence-corrected chi connectivity index (χ4v) is 5.45. The van der Waals surface area contributed by atoms with Gasteiger partial charge in [0, 0.05) is 31.9 Å². The Morgan fingerprint density at radius 1 is 0.966 bits per heavy atom. The van der Waals surface area contributed by atoms with Gasteiger partial charge in [0.25, 0.3) is 0 Å². The van der Waals surface area contributed by atoms with Gasteiger partial charge in [-0.2, -0.15) is 0 Å². The summed E-state index contributed by atoms with van der Waals surface area (Å²) in [6.07, 6.45) is 4.75. The predicted molar refractivity (Wildman–Crippen MR) is 114 cm³/mol. The number of ether oxygens (including phenoxy) is 3. The zero-order chi connectivity index (χ0) is 21.5. The molecule has 0 radical (unpaired) electrons. The van der Waals surface area contributed by atoms with E-state index >= 15 is 0 Å². The Morgan fingerprint density at radius 2 is 1.62 bits per heavy atom. The second kappa shape index (κ2) is 14.2. The molecule has 8 heteroatoms. The van der Waals surface area contributed by atoms with Crippen LogP contribution in [-0.4, -0.2) is 55.4 Å². The van der Waals surface area contributed by atoms with Crippen LogP contribution in [0.1, 0.15) is 39.2 Å². The lowest BCUT2D eigenvalue weighted by atomic mass is 10.2. The van der Waals surface area contributed by atoms with E-state index in [0.717, 1.165) is 24.4 Å². The van der Waals surface area contributed by atoms with E-state index in [1.54, 1.807) is 13.2 Å². The van der Waals surface area contributed by atoms with Crippen molar-refractivity contribution in [3.8, 4) is 11.5 Å². The van der Waals surface area contributed by atoms with Gasteiger partial charge in [-0.1, -0.05) is 6.07 Å². The number of esters is 1. The van der Waals surface area contributed by atoms with Crippen molar-refractivity contribution in [1.29, 1.82) is 0 Å². The number of carbonyl (C=O) groups excluding carboxylic acids is 1. The van der Waals surface area contributed by atoms with Gasteiger partial charge in [-0.25, -0.2) is 4.79 Å². The molecule has 0 fully saturated rings. The summed E-state index contributed by atoms with van der Waals surface area (Å²) in [6.45, 7) is 8.16. The highest BCUT2D eigenvalue weighted by Crippen LogP contribution is 2.29. The molecule has 0 unspecified atom stereocenters. The average molecular weight is 427 g/mol. The summed E-state index contributed by atoms with van der Waals surface area (Å²) >= 11 is 0. The lowest BCUT2D eigenvalue weighted by Gasteiger charge is -2.28. The molecule has 0 spiro atoms. The summed E-state index contributed by atoms with van der Waals surface area (Å²) in [5, 5.41) is 0. The van der Waals surface area contributed by atoms with E-state index in [0.29, 0.717) is 37.9 Å². The van der Waals surface area contributed by atoms with Crippen molar-refractivity contribution < 1.29 is 32.3 Å². The van der Waals surface area contributed by atoms with Gasteiger partial charge in [0.15, 0.2) is 11.5 Å². The maximum absolute atomic E-state index is 11.2. The smallest absolute Gasteiger partial charge is 0.493 e. The van der Waals surface area contributed by atoms with Crippen LogP contribution < -0.4 is 9.47 Å². The van der Waals surface area contributed by atoms with E-state index < -0.39 is 14.8 Å². The predicted octanol–water partition coefficient (Wildman–Crippen LogP) is 4.09. The SMILES string of the molecule is CCO[Si](CCCCOc1ccc(/C=C/C(=O)OC)cc1OC)(OCC)OCC. The first-order chi connectivity index (χ1) is 14.0. The van der Waals surface area contributed by atoms with Crippen LogP contribution in [0.4, 0.5) is 0 Å². The summed E-state index contributed by atoms with van der Waals surface area (Å²) < 4.78 is 33.5. The first kappa shape index (κ1) is 25.2. The fourth-order valence-electron chi connectivity index (χ4n) is 2.77. The van der Waals surface area contributed by atoms with E-state index in [4.69, 9.17) is 22.8 Å². The number of benzene rings is 1. The number of carbonyl (C=O) groups is 1. The van der Waals surface area contributed by atoms with Crippen LogP contribution in [0.5, 0.6) is 11.5 Å². The first-order valence-corrected chi connectivity index (χ1v) is 12.0. The van der Waals surface area contributed by atoms with E-state index in [2.05, 4.69) is 4.74 Å². The Morgan fingerprint density at radius 3 is 2.17 bits per heavy atom. The summed E-state index contributed by atoms with van der Waals surface area (Å²) in [6, 6.07) is 6.26. The first-order valence-electron chi connectivity index (χ1n) is 10.0. The Labute approximate surface area is 175 Å². The molecule has 0 aromatic heterocycles. The molecule has 1 rings (SSSR count). The molecule has 0 aliphatic carbocycles.